The highest BCUT2D eigenvalue weighted by Gasteiger charge is 2.14. The zero-order valence-corrected chi connectivity index (χ0v) is 9.38. The van der Waals surface area contributed by atoms with Gasteiger partial charge in [-0.05, 0) is 6.92 Å². The lowest BCUT2D eigenvalue weighted by Crippen LogP contribution is -2.18. The van der Waals surface area contributed by atoms with E-state index in [4.69, 9.17) is 16.3 Å². The van der Waals surface area contributed by atoms with Crippen LogP contribution < -0.4 is 0 Å². The molecule has 0 bridgehead atoms. The monoisotopic (exact) mass is 218 g/mol. The van der Waals surface area contributed by atoms with Crippen LogP contribution >= 0.6 is 11.6 Å². The number of aryl methyl sites for hydroxylation is 2. The number of hydrogen-bond acceptors (Lipinski definition) is 3. The molecule has 5 heteroatoms. The standard InChI is InChI=1S/C9H15ClN2O2/c1-6-9(10)8(12(2)11-6)4-7(13)5-14-3/h7,13H,4-5H2,1-3H3. The normalized spacial score (nSPS) is 13.2. The number of aliphatic hydroxyl groups is 1. The number of ether oxygens (including phenoxy) is 1. The highest BCUT2D eigenvalue weighted by atomic mass is 35.5. The van der Waals surface area contributed by atoms with E-state index < -0.39 is 6.10 Å². The van der Waals surface area contributed by atoms with Crippen molar-refractivity contribution >= 4 is 11.6 Å². The number of methoxy groups -OCH3 is 1. The van der Waals surface area contributed by atoms with Crippen LogP contribution in [0.5, 0.6) is 0 Å². The van der Waals surface area contributed by atoms with Gasteiger partial charge in [0.25, 0.3) is 0 Å². The molecule has 1 N–H and O–H groups in total. The van der Waals surface area contributed by atoms with Crippen LogP contribution in [0.1, 0.15) is 11.4 Å². The summed E-state index contributed by atoms with van der Waals surface area (Å²) in [7, 11) is 3.37. The summed E-state index contributed by atoms with van der Waals surface area (Å²) < 4.78 is 6.53. The topological polar surface area (TPSA) is 47.3 Å². The summed E-state index contributed by atoms with van der Waals surface area (Å²) in [6, 6.07) is 0. The second kappa shape index (κ2) is 4.77. The van der Waals surface area contributed by atoms with Crippen LogP contribution in [0.4, 0.5) is 0 Å². The van der Waals surface area contributed by atoms with Gasteiger partial charge in [0, 0.05) is 20.6 Å². The molecule has 1 unspecified atom stereocenters. The molecule has 0 amide bonds. The summed E-state index contributed by atoms with van der Waals surface area (Å²) in [5.74, 6) is 0. The van der Waals surface area contributed by atoms with E-state index >= 15 is 0 Å². The van der Waals surface area contributed by atoms with Gasteiger partial charge in [-0.15, -0.1) is 0 Å². The fraction of sp³-hybridized carbons (Fsp3) is 0.667. The minimum atomic E-state index is -0.535. The number of rotatable bonds is 4. The third-order valence-electron chi connectivity index (χ3n) is 2.05. The third kappa shape index (κ3) is 2.47. The maximum absolute atomic E-state index is 9.54. The molecule has 0 aliphatic carbocycles. The SMILES string of the molecule is COCC(O)Cc1c(Cl)c(C)nn1C. The van der Waals surface area contributed by atoms with E-state index in [1.807, 2.05) is 14.0 Å². The van der Waals surface area contributed by atoms with Gasteiger partial charge in [-0.2, -0.15) is 5.10 Å². The minimum absolute atomic E-state index is 0.306. The fourth-order valence-corrected chi connectivity index (χ4v) is 1.61. The summed E-state index contributed by atoms with van der Waals surface area (Å²) in [4.78, 5) is 0. The first-order valence-corrected chi connectivity index (χ1v) is 4.79. The Morgan fingerprint density at radius 2 is 2.29 bits per heavy atom. The van der Waals surface area contributed by atoms with Crippen LogP contribution in [-0.2, 0) is 18.2 Å². The van der Waals surface area contributed by atoms with Crippen molar-refractivity contribution in [1.29, 1.82) is 0 Å². The van der Waals surface area contributed by atoms with Crippen molar-refractivity contribution in [2.75, 3.05) is 13.7 Å². The van der Waals surface area contributed by atoms with Gasteiger partial charge in [0.15, 0.2) is 0 Å². The average molecular weight is 219 g/mol. The maximum atomic E-state index is 9.54. The summed E-state index contributed by atoms with van der Waals surface area (Å²) in [5, 5.41) is 14.3. The van der Waals surface area contributed by atoms with E-state index in [0.29, 0.717) is 18.1 Å². The van der Waals surface area contributed by atoms with Crippen molar-refractivity contribution in [3.8, 4) is 0 Å². The molecule has 0 spiro atoms. The lowest BCUT2D eigenvalue weighted by atomic mass is 10.2. The summed E-state index contributed by atoms with van der Waals surface area (Å²) in [6.45, 7) is 2.15. The van der Waals surface area contributed by atoms with Gasteiger partial charge < -0.3 is 9.84 Å². The fourth-order valence-electron chi connectivity index (χ4n) is 1.38. The Morgan fingerprint density at radius 3 is 2.71 bits per heavy atom. The zero-order valence-electron chi connectivity index (χ0n) is 8.62. The Balaban J connectivity index is 2.75. The number of aromatic nitrogens is 2. The highest BCUT2D eigenvalue weighted by Crippen LogP contribution is 2.20. The van der Waals surface area contributed by atoms with Crippen molar-refractivity contribution in [2.24, 2.45) is 7.05 Å². The van der Waals surface area contributed by atoms with Crippen LogP contribution in [0.25, 0.3) is 0 Å². The van der Waals surface area contributed by atoms with Gasteiger partial charge in [-0.1, -0.05) is 11.6 Å². The number of halogens is 1. The van der Waals surface area contributed by atoms with Crippen LogP contribution in [0, 0.1) is 6.92 Å². The molecule has 1 atom stereocenters. The number of aliphatic hydroxyl groups excluding tert-OH is 1. The Labute approximate surface area is 88.4 Å². The Bertz CT molecular complexity index is 312. The molecule has 0 aliphatic rings. The van der Waals surface area contributed by atoms with Gasteiger partial charge >= 0.3 is 0 Å². The van der Waals surface area contributed by atoms with Crippen molar-refractivity contribution < 1.29 is 9.84 Å². The zero-order chi connectivity index (χ0) is 10.7. The van der Waals surface area contributed by atoms with Crippen LogP contribution in [0.2, 0.25) is 5.02 Å². The lowest BCUT2D eigenvalue weighted by Gasteiger charge is -2.09. The molecule has 0 aromatic carbocycles. The predicted molar refractivity (Wildman–Crippen MR) is 54.5 cm³/mol. The van der Waals surface area contributed by atoms with E-state index in [9.17, 15) is 5.11 Å². The van der Waals surface area contributed by atoms with Crippen LogP contribution in [0.15, 0.2) is 0 Å². The molecule has 0 aliphatic heterocycles. The summed E-state index contributed by atoms with van der Waals surface area (Å²) in [5.41, 5.74) is 1.63. The van der Waals surface area contributed by atoms with Crippen molar-refractivity contribution in [2.45, 2.75) is 19.4 Å². The highest BCUT2D eigenvalue weighted by molar-refractivity contribution is 6.31. The van der Waals surface area contributed by atoms with E-state index in [1.54, 1.807) is 11.8 Å². The molecule has 0 fully saturated rings. The van der Waals surface area contributed by atoms with Gasteiger partial charge in [-0.3, -0.25) is 4.68 Å². The third-order valence-corrected chi connectivity index (χ3v) is 2.54. The van der Waals surface area contributed by atoms with Crippen LogP contribution in [0.3, 0.4) is 0 Å². The van der Waals surface area contributed by atoms with E-state index in [-0.39, 0.29) is 0 Å². The summed E-state index contributed by atoms with van der Waals surface area (Å²) in [6.07, 6.45) is -0.0726. The second-order valence-electron chi connectivity index (χ2n) is 3.28. The van der Waals surface area contributed by atoms with Crippen molar-refractivity contribution in [3.05, 3.63) is 16.4 Å². The van der Waals surface area contributed by atoms with Crippen LogP contribution in [-0.4, -0.2) is 34.7 Å². The average Bonchev–Trinajstić information content (AvgIpc) is 2.33. The molecular formula is C9H15ClN2O2. The molecule has 4 nitrogen and oxygen atoms in total. The molecule has 0 radical (unpaired) electrons. The molecule has 14 heavy (non-hydrogen) atoms. The minimum Gasteiger partial charge on any atom is -0.390 e. The Hall–Kier alpha value is -0.580. The van der Waals surface area contributed by atoms with Crippen molar-refractivity contribution in [1.82, 2.24) is 9.78 Å². The van der Waals surface area contributed by atoms with E-state index in [1.165, 1.54) is 0 Å². The largest absolute Gasteiger partial charge is 0.390 e. The first-order valence-electron chi connectivity index (χ1n) is 4.41. The molecule has 1 aromatic heterocycles. The smallest absolute Gasteiger partial charge is 0.0847 e. The molecular weight excluding hydrogens is 204 g/mol. The van der Waals surface area contributed by atoms with Gasteiger partial charge in [0.2, 0.25) is 0 Å². The molecule has 0 saturated carbocycles. The number of hydrogen-bond donors (Lipinski definition) is 1. The maximum Gasteiger partial charge on any atom is 0.0847 e. The Kier molecular flexibility index (Phi) is 3.92. The molecule has 1 rings (SSSR count). The quantitative estimate of drug-likeness (QED) is 0.818. The Morgan fingerprint density at radius 1 is 1.64 bits per heavy atom. The lowest BCUT2D eigenvalue weighted by molar-refractivity contribution is 0.0639. The molecule has 1 aromatic rings. The summed E-state index contributed by atoms with van der Waals surface area (Å²) >= 11 is 6.02. The molecule has 0 saturated heterocycles. The van der Waals surface area contributed by atoms with Gasteiger partial charge in [0.1, 0.15) is 0 Å². The van der Waals surface area contributed by atoms with E-state index in [0.717, 1.165) is 11.4 Å². The predicted octanol–water partition coefficient (Wildman–Crippen LogP) is 0.932. The van der Waals surface area contributed by atoms with Crippen molar-refractivity contribution in [3.63, 3.8) is 0 Å². The van der Waals surface area contributed by atoms with E-state index in [2.05, 4.69) is 5.10 Å². The first-order chi connectivity index (χ1) is 6.56. The van der Waals surface area contributed by atoms with Gasteiger partial charge in [0.05, 0.1) is 29.1 Å². The number of nitrogens with zero attached hydrogens (tertiary/aromatic N) is 2. The molecule has 80 valence electrons. The first kappa shape index (κ1) is 11.5. The van der Waals surface area contributed by atoms with Gasteiger partial charge in [-0.25, -0.2) is 0 Å². The molecule has 1 heterocycles. The second-order valence-corrected chi connectivity index (χ2v) is 3.66.